The van der Waals surface area contributed by atoms with E-state index in [1.54, 1.807) is 18.2 Å². The van der Waals surface area contributed by atoms with Crippen LogP contribution in [0.15, 0.2) is 54.6 Å². The van der Waals surface area contributed by atoms with Crippen LogP contribution in [-0.4, -0.2) is 11.2 Å². The summed E-state index contributed by atoms with van der Waals surface area (Å²) in [6, 6.07) is 16.0. The van der Waals surface area contributed by atoms with Crippen molar-refractivity contribution in [1.82, 2.24) is 5.32 Å². The third kappa shape index (κ3) is 4.02. The zero-order chi connectivity index (χ0) is 14.4. The first-order valence-electron chi connectivity index (χ1n) is 6.41. The SMILES string of the molecule is C[C@@H](NC(=O)OCc1ccccc1)c1cccc(O)c1. The number of amides is 1. The minimum Gasteiger partial charge on any atom is -0.508 e. The highest BCUT2D eigenvalue weighted by atomic mass is 16.5. The van der Waals surface area contributed by atoms with E-state index in [1.165, 1.54) is 0 Å². The molecule has 0 heterocycles. The van der Waals surface area contributed by atoms with Crippen molar-refractivity contribution in [1.29, 1.82) is 0 Å². The number of ether oxygens (including phenoxy) is 1. The zero-order valence-electron chi connectivity index (χ0n) is 11.2. The largest absolute Gasteiger partial charge is 0.508 e. The Labute approximate surface area is 118 Å². The predicted molar refractivity (Wildman–Crippen MR) is 76.3 cm³/mol. The maximum Gasteiger partial charge on any atom is 0.407 e. The Morgan fingerprint density at radius 2 is 1.95 bits per heavy atom. The van der Waals surface area contributed by atoms with E-state index >= 15 is 0 Å². The molecule has 20 heavy (non-hydrogen) atoms. The Balaban J connectivity index is 1.85. The summed E-state index contributed by atoms with van der Waals surface area (Å²) in [5, 5.41) is 12.1. The lowest BCUT2D eigenvalue weighted by Crippen LogP contribution is -2.27. The van der Waals surface area contributed by atoms with Gasteiger partial charge in [0, 0.05) is 0 Å². The molecule has 2 N–H and O–H groups in total. The number of carbonyl (C=O) groups is 1. The number of phenols is 1. The van der Waals surface area contributed by atoms with Crippen molar-refractivity contribution in [3.05, 3.63) is 65.7 Å². The fourth-order valence-corrected chi connectivity index (χ4v) is 1.82. The van der Waals surface area contributed by atoms with Crippen molar-refractivity contribution in [2.45, 2.75) is 19.6 Å². The van der Waals surface area contributed by atoms with Crippen LogP contribution in [-0.2, 0) is 11.3 Å². The summed E-state index contributed by atoms with van der Waals surface area (Å²) in [6.45, 7) is 2.07. The lowest BCUT2D eigenvalue weighted by molar-refractivity contribution is 0.136. The maximum absolute atomic E-state index is 11.7. The third-order valence-corrected chi connectivity index (χ3v) is 2.92. The average molecular weight is 271 g/mol. The number of benzene rings is 2. The molecule has 2 aromatic rings. The van der Waals surface area contributed by atoms with Crippen LogP contribution in [0.4, 0.5) is 4.79 Å². The fourth-order valence-electron chi connectivity index (χ4n) is 1.82. The topological polar surface area (TPSA) is 58.6 Å². The lowest BCUT2D eigenvalue weighted by atomic mass is 10.1. The quantitative estimate of drug-likeness (QED) is 0.896. The molecule has 0 saturated heterocycles. The number of aromatic hydroxyl groups is 1. The Bertz CT molecular complexity index is 569. The first-order valence-corrected chi connectivity index (χ1v) is 6.41. The predicted octanol–water partition coefficient (Wildman–Crippen LogP) is 3.38. The summed E-state index contributed by atoms with van der Waals surface area (Å²) < 4.78 is 5.14. The highest BCUT2D eigenvalue weighted by Gasteiger charge is 2.10. The number of rotatable bonds is 4. The lowest BCUT2D eigenvalue weighted by Gasteiger charge is -2.14. The molecule has 0 spiro atoms. The van der Waals surface area contributed by atoms with Crippen molar-refractivity contribution >= 4 is 6.09 Å². The van der Waals surface area contributed by atoms with Crippen LogP contribution in [0.2, 0.25) is 0 Å². The van der Waals surface area contributed by atoms with Crippen LogP contribution in [0.5, 0.6) is 5.75 Å². The van der Waals surface area contributed by atoms with Crippen LogP contribution in [0.3, 0.4) is 0 Å². The van der Waals surface area contributed by atoms with Crippen LogP contribution < -0.4 is 5.32 Å². The van der Waals surface area contributed by atoms with Gasteiger partial charge in [-0.1, -0.05) is 42.5 Å². The summed E-state index contributed by atoms with van der Waals surface area (Å²) in [5.41, 5.74) is 1.76. The average Bonchev–Trinajstić information content (AvgIpc) is 2.46. The Hall–Kier alpha value is -2.49. The van der Waals surface area contributed by atoms with Gasteiger partial charge >= 0.3 is 6.09 Å². The molecule has 0 aliphatic heterocycles. The van der Waals surface area contributed by atoms with E-state index in [0.717, 1.165) is 11.1 Å². The smallest absolute Gasteiger partial charge is 0.407 e. The van der Waals surface area contributed by atoms with Gasteiger partial charge in [0.25, 0.3) is 0 Å². The van der Waals surface area contributed by atoms with Gasteiger partial charge in [0.2, 0.25) is 0 Å². The number of hydrogen-bond acceptors (Lipinski definition) is 3. The van der Waals surface area contributed by atoms with Crippen molar-refractivity contribution in [2.75, 3.05) is 0 Å². The normalized spacial score (nSPS) is 11.7. The number of nitrogens with one attached hydrogen (secondary N) is 1. The van der Waals surface area contributed by atoms with Gasteiger partial charge in [-0.2, -0.15) is 0 Å². The second kappa shape index (κ2) is 6.61. The molecule has 0 saturated carbocycles. The molecule has 0 fully saturated rings. The van der Waals surface area contributed by atoms with Crippen LogP contribution in [0.25, 0.3) is 0 Å². The van der Waals surface area contributed by atoms with Crippen molar-refractivity contribution in [2.24, 2.45) is 0 Å². The van der Waals surface area contributed by atoms with Crippen LogP contribution in [0.1, 0.15) is 24.1 Å². The summed E-state index contributed by atoms with van der Waals surface area (Å²) >= 11 is 0. The first kappa shape index (κ1) is 13.9. The molecule has 2 rings (SSSR count). The summed E-state index contributed by atoms with van der Waals surface area (Å²) in [4.78, 5) is 11.7. The van der Waals surface area contributed by atoms with Gasteiger partial charge in [0.15, 0.2) is 0 Å². The minimum absolute atomic E-state index is 0.175. The van der Waals surface area contributed by atoms with Crippen LogP contribution in [0, 0.1) is 0 Å². The first-order chi connectivity index (χ1) is 9.65. The molecule has 0 bridgehead atoms. The molecule has 104 valence electrons. The van der Waals surface area contributed by atoms with E-state index < -0.39 is 6.09 Å². The van der Waals surface area contributed by atoms with Gasteiger partial charge in [0.05, 0.1) is 6.04 Å². The van der Waals surface area contributed by atoms with Crippen LogP contribution >= 0.6 is 0 Å². The molecular weight excluding hydrogens is 254 g/mol. The van der Waals surface area contributed by atoms with E-state index in [1.807, 2.05) is 43.3 Å². The van der Waals surface area contributed by atoms with Gasteiger partial charge < -0.3 is 15.2 Å². The van der Waals surface area contributed by atoms with E-state index in [4.69, 9.17) is 4.74 Å². The molecule has 0 aliphatic rings. The fraction of sp³-hybridized carbons (Fsp3) is 0.188. The van der Waals surface area contributed by atoms with Gasteiger partial charge in [-0.15, -0.1) is 0 Å². The van der Waals surface area contributed by atoms with Gasteiger partial charge in [-0.05, 0) is 30.2 Å². The molecule has 0 radical (unpaired) electrons. The Kier molecular flexibility index (Phi) is 4.60. The maximum atomic E-state index is 11.7. The van der Waals surface area contributed by atoms with E-state index in [9.17, 15) is 9.90 Å². The molecule has 0 aliphatic carbocycles. The van der Waals surface area contributed by atoms with E-state index in [-0.39, 0.29) is 18.4 Å². The molecule has 0 unspecified atom stereocenters. The molecule has 4 heteroatoms. The van der Waals surface area contributed by atoms with Gasteiger partial charge in [0.1, 0.15) is 12.4 Å². The van der Waals surface area contributed by atoms with Crippen molar-refractivity contribution in [3.8, 4) is 5.75 Å². The summed E-state index contributed by atoms with van der Waals surface area (Å²) in [6.07, 6.45) is -0.482. The molecule has 1 amide bonds. The monoisotopic (exact) mass is 271 g/mol. The highest BCUT2D eigenvalue weighted by Crippen LogP contribution is 2.17. The highest BCUT2D eigenvalue weighted by molar-refractivity contribution is 5.67. The number of carbonyl (C=O) groups excluding carboxylic acids is 1. The number of alkyl carbamates (subject to hydrolysis) is 1. The van der Waals surface area contributed by atoms with E-state index in [0.29, 0.717) is 0 Å². The standard InChI is InChI=1S/C16H17NO3/c1-12(14-8-5-9-15(18)10-14)17-16(19)20-11-13-6-3-2-4-7-13/h2-10,12,18H,11H2,1H3,(H,17,19)/t12-/m1/s1. The van der Waals surface area contributed by atoms with Gasteiger partial charge in [-0.3, -0.25) is 0 Å². The molecular formula is C16H17NO3. The van der Waals surface area contributed by atoms with Gasteiger partial charge in [-0.25, -0.2) is 4.79 Å². The second-order valence-corrected chi connectivity index (χ2v) is 4.52. The van der Waals surface area contributed by atoms with Crippen molar-refractivity contribution in [3.63, 3.8) is 0 Å². The number of phenolic OH excluding ortho intramolecular Hbond substituents is 1. The Morgan fingerprint density at radius 3 is 2.65 bits per heavy atom. The van der Waals surface area contributed by atoms with Crippen molar-refractivity contribution < 1.29 is 14.6 Å². The molecule has 0 aromatic heterocycles. The zero-order valence-corrected chi connectivity index (χ0v) is 11.2. The molecule has 1 atom stereocenters. The number of hydrogen-bond donors (Lipinski definition) is 2. The summed E-state index contributed by atoms with van der Waals surface area (Å²) in [7, 11) is 0. The summed E-state index contributed by atoms with van der Waals surface area (Å²) in [5.74, 6) is 0.175. The molecule has 2 aromatic carbocycles. The third-order valence-electron chi connectivity index (χ3n) is 2.92. The second-order valence-electron chi connectivity index (χ2n) is 4.52. The van der Waals surface area contributed by atoms with E-state index in [2.05, 4.69) is 5.32 Å². The molecule has 4 nitrogen and oxygen atoms in total. The minimum atomic E-state index is -0.482. The Morgan fingerprint density at radius 1 is 1.20 bits per heavy atom.